The average Bonchev–Trinajstić information content (AvgIpc) is 3.63. The van der Waals surface area contributed by atoms with Gasteiger partial charge in [-0.25, -0.2) is 13.2 Å². The second-order valence-electron chi connectivity index (χ2n) is 11.2. The van der Waals surface area contributed by atoms with E-state index in [2.05, 4.69) is 11.1 Å². The van der Waals surface area contributed by atoms with Crippen molar-refractivity contribution in [1.82, 2.24) is 14.5 Å². The Hall–Kier alpha value is -4.42. The molecule has 43 heavy (non-hydrogen) atoms. The number of amides is 1. The zero-order valence-corrected chi connectivity index (χ0v) is 24.1. The van der Waals surface area contributed by atoms with Crippen molar-refractivity contribution in [3.8, 4) is 23.0 Å². The lowest BCUT2D eigenvalue weighted by molar-refractivity contribution is 0.0785. The molecule has 0 unspecified atom stereocenters. The number of likely N-dealkylation sites (tertiary alicyclic amines) is 1. The Morgan fingerprint density at radius 1 is 1.07 bits per heavy atom. The van der Waals surface area contributed by atoms with Crippen molar-refractivity contribution in [2.45, 2.75) is 38.5 Å². The Balaban J connectivity index is 1.38. The number of hydrogen-bond acceptors (Lipinski definition) is 4. The van der Waals surface area contributed by atoms with Crippen molar-refractivity contribution in [3.63, 3.8) is 0 Å². The van der Waals surface area contributed by atoms with Gasteiger partial charge >= 0.3 is 0 Å². The molecule has 4 aromatic rings. The molecule has 0 spiro atoms. The van der Waals surface area contributed by atoms with Crippen molar-refractivity contribution in [3.05, 3.63) is 116 Å². The molecule has 0 N–H and O–H groups in total. The van der Waals surface area contributed by atoms with Crippen LogP contribution in [-0.2, 0) is 0 Å². The summed E-state index contributed by atoms with van der Waals surface area (Å²) in [6, 6.07) is 14.2. The first kappa shape index (κ1) is 28.7. The van der Waals surface area contributed by atoms with Gasteiger partial charge in [-0.05, 0) is 85.5 Å². The molecule has 1 saturated carbocycles. The highest BCUT2D eigenvalue weighted by Gasteiger charge is 2.41. The molecular weight excluding hydrogens is 577 g/mol. The first-order valence-electron chi connectivity index (χ1n) is 13.9. The summed E-state index contributed by atoms with van der Waals surface area (Å²) in [6.07, 6.45) is 2.59. The van der Waals surface area contributed by atoms with E-state index in [1.165, 1.54) is 41.4 Å². The molecule has 6 nitrogen and oxygen atoms in total. The number of hydrogen-bond donors (Lipinski definition) is 0. The van der Waals surface area contributed by atoms with Crippen LogP contribution in [0.5, 0.6) is 0 Å². The highest BCUT2D eigenvalue weighted by Crippen LogP contribution is 2.55. The summed E-state index contributed by atoms with van der Waals surface area (Å²) in [5.41, 5.74) is 0.785. The van der Waals surface area contributed by atoms with Crippen molar-refractivity contribution in [1.29, 1.82) is 5.26 Å². The molecular formula is C33H26ClF3N4O2. The van der Waals surface area contributed by atoms with Gasteiger partial charge in [0, 0.05) is 30.5 Å². The summed E-state index contributed by atoms with van der Waals surface area (Å²) in [6.45, 7) is 3.78. The molecule has 3 heterocycles. The maximum Gasteiger partial charge on any atom is 0.274 e. The zero-order chi connectivity index (χ0) is 30.6. The van der Waals surface area contributed by atoms with Crippen LogP contribution in [0.1, 0.15) is 57.4 Å². The highest BCUT2D eigenvalue weighted by molar-refractivity contribution is 6.31. The van der Waals surface area contributed by atoms with Crippen molar-refractivity contribution in [2.75, 3.05) is 13.1 Å². The molecule has 2 aromatic heterocycles. The van der Waals surface area contributed by atoms with Crippen LogP contribution in [-0.4, -0.2) is 33.4 Å². The van der Waals surface area contributed by atoms with E-state index < -0.39 is 23.1 Å². The van der Waals surface area contributed by atoms with Crippen LogP contribution >= 0.6 is 11.6 Å². The smallest absolute Gasteiger partial charge is 0.274 e. The van der Waals surface area contributed by atoms with Gasteiger partial charge in [0.15, 0.2) is 5.82 Å². The van der Waals surface area contributed by atoms with Gasteiger partial charge in [0.05, 0.1) is 23.2 Å². The lowest BCUT2D eigenvalue weighted by Gasteiger charge is -2.19. The molecule has 0 bridgehead atoms. The van der Waals surface area contributed by atoms with E-state index in [0.29, 0.717) is 29.8 Å². The number of carbonyl (C=O) groups excluding carboxylic acids is 1. The minimum absolute atomic E-state index is 0.0358. The monoisotopic (exact) mass is 602 g/mol. The van der Waals surface area contributed by atoms with E-state index in [-0.39, 0.29) is 57.6 Å². The van der Waals surface area contributed by atoms with E-state index in [0.717, 1.165) is 16.6 Å². The van der Waals surface area contributed by atoms with Crippen LogP contribution in [0.15, 0.2) is 59.5 Å². The molecule has 1 aliphatic carbocycles. The fourth-order valence-corrected chi connectivity index (χ4v) is 6.31. The summed E-state index contributed by atoms with van der Waals surface area (Å²) in [4.78, 5) is 32.3. The largest absolute Gasteiger partial charge is 0.337 e. The Morgan fingerprint density at radius 2 is 1.81 bits per heavy atom. The van der Waals surface area contributed by atoms with Gasteiger partial charge in [-0.3, -0.25) is 19.1 Å². The third-order valence-corrected chi connectivity index (χ3v) is 8.77. The summed E-state index contributed by atoms with van der Waals surface area (Å²) < 4.78 is 46.6. The molecule has 2 aliphatic rings. The Bertz CT molecular complexity index is 1880. The molecule has 218 valence electrons. The fraction of sp³-hybridized carbons (Fsp3) is 0.273. The van der Waals surface area contributed by atoms with Gasteiger partial charge in [0.1, 0.15) is 22.4 Å². The second kappa shape index (κ2) is 11.0. The molecule has 10 heteroatoms. The van der Waals surface area contributed by atoms with Crippen LogP contribution in [0.3, 0.4) is 0 Å². The molecule has 0 radical (unpaired) electrons. The molecule has 2 aromatic carbocycles. The van der Waals surface area contributed by atoms with E-state index >= 15 is 8.78 Å². The highest BCUT2D eigenvalue weighted by atomic mass is 35.5. The van der Waals surface area contributed by atoms with Crippen molar-refractivity contribution >= 4 is 17.5 Å². The molecule has 2 fully saturated rings. The minimum Gasteiger partial charge on any atom is -0.337 e. The van der Waals surface area contributed by atoms with Crippen molar-refractivity contribution in [2.24, 2.45) is 5.92 Å². The zero-order valence-electron chi connectivity index (χ0n) is 23.4. The lowest BCUT2D eigenvalue weighted by atomic mass is 10.0. The molecule has 3 atom stereocenters. The fourth-order valence-electron chi connectivity index (χ4n) is 6.03. The molecule has 6 rings (SSSR count). The summed E-state index contributed by atoms with van der Waals surface area (Å²) >= 11 is 6.60. The summed E-state index contributed by atoms with van der Waals surface area (Å²) in [7, 11) is 0. The maximum atomic E-state index is 16.3. The van der Waals surface area contributed by atoms with E-state index in [1.807, 2.05) is 0 Å². The second-order valence-corrected chi connectivity index (χ2v) is 11.6. The van der Waals surface area contributed by atoms with Gasteiger partial charge in [-0.2, -0.15) is 5.26 Å². The SMILES string of the molecule is Cc1cnc(-c2cccc(C(=O)N3CC[C@H](C#N)C3)c2F)c(F)c1-n1c(C)cc([C@H]2C[C@@H]2c2ccc(F)cc2)c(Cl)c1=O. The first-order valence-corrected chi connectivity index (χ1v) is 14.3. The lowest BCUT2D eigenvalue weighted by Crippen LogP contribution is -2.29. The van der Waals surface area contributed by atoms with Gasteiger partial charge < -0.3 is 4.90 Å². The topological polar surface area (TPSA) is 79.0 Å². The summed E-state index contributed by atoms with van der Waals surface area (Å²) in [5, 5.41) is 9.13. The Labute approximate surface area is 251 Å². The van der Waals surface area contributed by atoms with Crippen LogP contribution in [0.4, 0.5) is 13.2 Å². The number of nitrogens with zero attached hydrogens (tertiary/aromatic N) is 4. The number of aromatic nitrogens is 2. The van der Waals surface area contributed by atoms with Crippen LogP contribution < -0.4 is 5.56 Å². The number of rotatable bonds is 5. The third kappa shape index (κ3) is 5.00. The third-order valence-electron chi connectivity index (χ3n) is 8.39. The van der Waals surface area contributed by atoms with Crippen LogP contribution in [0.2, 0.25) is 5.02 Å². The van der Waals surface area contributed by atoms with Gasteiger partial charge in [-0.15, -0.1) is 0 Å². The van der Waals surface area contributed by atoms with E-state index in [4.69, 9.17) is 16.9 Å². The number of aryl methyl sites for hydroxylation is 2. The van der Waals surface area contributed by atoms with Gasteiger partial charge in [0.25, 0.3) is 11.5 Å². The predicted octanol–water partition coefficient (Wildman–Crippen LogP) is 6.84. The first-order chi connectivity index (χ1) is 20.6. The molecule has 1 amide bonds. The number of pyridine rings is 2. The van der Waals surface area contributed by atoms with Crippen LogP contribution in [0, 0.1) is 48.5 Å². The predicted molar refractivity (Wildman–Crippen MR) is 156 cm³/mol. The average molecular weight is 603 g/mol. The van der Waals surface area contributed by atoms with Gasteiger partial charge in [-0.1, -0.05) is 29.8 Å². The number of nitriles is 1. The molecule has 1 aliphatic heterocycles. The van der Waals surface area contributed by atoms with E-state index in [9.17, 15) is 14.0 Å². The molecule has 1 saturated heterocycles. The minimum atomic E-state index is -0.938. The quantitative estimate of drug-likeness (QED) is 0.250. The normalized spacial score (nSPS) is 19.4. The van der Waals surface area contributed by atoms with E-state index in [1.54, 1.807) is 32.0 Å². The maximum absolute atomic E-state index is 16.3. The Morgan fingerprint density at radius 3 is 2.51 bits per heavy atom. The Kier molecular flexibility index (Phi) is 7.35. The van der Waals surface area contributed by atoms with Crippen LogP contribution in [0.25, 0.3) is 16.9 Å². The number of halogens is 4. The van der Waals surface area contributed by atoms with Gasteiger partial charge in [0.2, 0.25) is 0 Å². The van der Waals surface area contributed by atoms with Crippen molar-refractivity contribution < 1.29 is 18.0 Å². The number of benzene rings is 2. The summed E-state index contributed by atoms with van der Waals surface area (Å²) in [5.74, 6) is -3.05. The standard InChI is InChI=1S/C33H26ClF3N4O2/c1-17-15-39-30(22-4-3-5-23(28(22)36)32(42)40-11-10-19(14-38)16-40)29(37)31(17)41-18(2)12-26(27(34)33(41)43)25-13-24(25)20-6-8-21(35)9-7-20/h3-9,12,15,19,24-25H,10-11,13,16H2,1-2H3/t19-,24-,25+/m1/s1. The number of carbonyl (C=O) groups is 1.